The van der Waals surface area contributed by atoms with Gasteiger partial charge in [0, 0.05) is 7.11 Å². The van der Waals surface area contributed by atoms with Gasteiger partial charge in [-0.2, -0.15) is 0 Å². The number of ether oxygens (including phenoxy) is 1. The van der Waals surface area contributed by atoms with Crippen molar-refractivity contribution in [3.63, 3.8) is 0 Å². The molecule has 0 radical (unpaired) electrons. The van der Waals surface area contributed by atoms with Gasteiger partial charge < -0.3 is 4.74 Å². The Morgan fingerprint density at radius 1 is 0.818 bits per heavy atom. The number of methoxy groups -OCH3 is 1. The molecule has 0 aromatic heterocycles. The van der Waals surface area contributed by atoms with Crippen LogP contribution in [-0.2, 0) is 4.74 Å². The number of hydrogen-bond donors (Lipinski definition) is 0. The molecule has 180 valence electrons. The predicted octanol–water partition coefficient (Wildman–Crippen LogP) is 9.27. The molecule has 2 fully saturated rings. The highest BCUT2D eigenvalue weighted by Crippen LogP contribution is 2.41. The molecule has 0 spiro atoms. The summed E-state index contributed by atoms with van der Waals surface area (Å²) in [5.41, 5.74) is 4.49. The monoisotopic (exact) mass is 450 g/mol. The fourth-order valence-corrected chi connectivity index (χ4v) is 6.67. The molecule has 2 saturated carbocycles. The van der Waals surface area contributed by atoms with Gasteiger partial charge in [0.2, 0.25) is 0 Å². The van der Waals surface area contributed by atoms with Crippen LogP contribution in [0.4, 0.5) is 4.39 Å². The van der Waals surface area contributed by atoms with Crippen LogP contribution in [0.3, 0.4) is 0 Å². The van der Waals surface area contributed by atoms with E-state index in [0.29, 0.717) is 23.9 Å². The maximum absolute atomic E-state index is 15.2. The first-order valence-corrected chi connectivity index (χ1v) is 13.5. The van der Waals surface area contributed by atoms with Gasteiger partial charge in [0.15, 0.2) is 0 Å². The van der Waals surface area contributed by atoms with Crippen LogP contribution in [0.15, 0.2) is 42.5 Å². The molecule has 0 heterocycles. The maximum atomic E-state index is 15.2. The summed E-state index contributed by atoms with van der Waals surface area (Å²) >= 11 is 0. The summed E-state index contributed by atoms with van der Waals surface area (Å²) in [6.45, 7) is 4.50. The fraction of sp³-hybridized carbons (Fsp3) is 0.613. The van der Waals surface area contributed by atoms with Crippen LogP contribution in [0.25, 0.3) is 11.1 Å². The maximum Gasteiger partial charge on any atom is 0.127 e. The first-order valence-electron chi connectivity index (χ1n) is 13.5. The van der Waals surface area contributed by atoms with Gasteiger partial charge >= 0.3 is 0 Å². The predicted molar refractivity (Wildman–Crippen MR) is 137 cm³/mol. The van der Waals surface area contributed by atoms with E-state index < -0.39 is 0 Å². The molecule has 4 rings (SSSR count). The van der Waals surface area contributed by atoms with Crippen LogP contribution < -0.4 is 0 Å². The van der Waals surface area contributed by atoms with Crippen molar-refractivity contribution in [2.75, 3.05) is 7.11 Å². The van der Waals surface area contributed by atoms with Crippen LogP contribution in [0.1, 0.15) is 107 Å². The minimum Gasteiger partial charge on any atom is -0.381 e. The summed E-state index contributed by atoms with van der Waals surface area (Å²) in [7, 11) is 1.82. The summed E-state index contributed by atoms with van der Waals surface area (Å²) in [6.07, 6.45) is 13.9. The lowest BCUT2D eigenvalue weighted by Crippen LogP contribution is -2.26. The molecule has 0 aliphatic heterocycles. The van der Waals surface area contributed by atoms with Gasteiger partial charge in [0.1, 0.15) is 5.82 Å². The van der Waals surface area contributed by atoms with Gasteiger partial charge in [0.25, 0.3) is 0 Å². The van der Waals surface area contributed by atoms with E-state index in [4.69, 9.17) is 4.74 Å². The average molecular weight is 451 g/mol. The third kappa shape index (κ3) is 5.88. The Labute approximate surface area is 201 Å². The van der Waals surface area contributed by atoms with Crippen LogP contribution in [0.2, 0.25) is 0 Å². The van der Waals surface area contributed by atoms with E-state index in [1.54, 1.807) is 6.07 Å². The van der Waals surface area contributed by atoms with E-state index in [0.717, 1.165) is 54.7 Å². The molecule has 2 heteroatoms. The Kier molecular flexibility index (Phi) is 8.63. The molecule has 1 nitrogen and oxygen atoms in total. The molecule has 2 aliphatic carbocycles. The van der Waals surface area contributed by atoms with Crippen molar-refractivity contribution < 1.29 is 9.13 Å². The molecule has 1 unspecified atom stereocenters. The van der Waals surface area contributed by atoms with Crippen LogP contribution in [0, 0.1) is 17.7 Å². The van der Waals surface area contributed by atoms with E-state index in [1.807, 2.05) is 13.2 Å². The molecular weight excluding hydrogens is 407 g/mol. The number of benzene rings is 2. The zero-order valence-electron chi connectivity index (χ0n) is 21.0. The molecule has 2 aromatic carbocycles. The molecule has 2 aliphatic rings. The van der Waals surface area contributed by atoms with E-state index in [9.17, 15) is 0 Å². The average Bonchev–Trinajstić information content (AvgIpc) is 2.86. The molecular formula is C31H43FO. The van der Waals surface area contributed by atoms with Crippen molar-refractivity contribution in [2.24, 2.45) is 11.8 Å². The first-order chi connectivity index (χ1) is 16.1. The summed E-state index contributed by atoms with van der Waals surface area (Å²) < 4.78 is 20.8. The van der Waals surface area contributed by atoms with Crippen molar-refractivity contribution in [1.29, 1.82) is 0 Å². The third-order valence-corrected chi connectivity index (χ3v) is 8.70. The Morgan fingerprint density at radius 2 is 1.45 bits per heavy atom. The van der Waals surface area contributed by atoms with E-state index in [-0.39, 0.29) is 5.82 Å². The summed E-state index contributed by atoms with van der Waals surface area (Å²) in [6, 6.07) is 14.9. The van der Waals surface area contributed by atoms with Crippen molar-refractivity contribution in [3.05, 3.63) is 59.4 Å². The van der Waals surface area contributed by atoms with Crippen molar-refractivity contribution >= 4 is 0 Å². The fourth-order valence-electron chi connectivity index (χ4n) is 6.67. The Bertz CT molecular complexity index is 853. The van der Waals surface area contributed by atoms with Gasteiger partial charge in [-0.15, -0.1) is 0 Å². The van der Waals surface area contributed by atoms with Crippen LogP contribution >= 0.6 is 0 Å². The lowest BCUT2D eigenvalue weighted by molar-refractivity contribution is 0.0314. The van der Waals surface area contributed by atoms with Crippen LogP contribution in [0.5, 0.6) is 0 Å². The second-order valence-electron chi connectivity index (χ2n) is 10.7. The van der Waals surface area contributed by atoms with Gasteiger partial charge in [-0.1, -0.05) is 63.1 Å². The second-order valence-corrected chi connectivity index (χ2v) is 10.7. The minimum atomic E-state index is -0.0342. The van der Waals surface area contributed by atoms with Crippen LogP contribution in [-0.4, -0.2) is 13.2 Å². The van der Waals surface area contributed by atoms with Crippen molar-refractivity contribution in [3.8, 4) is 11.1 Å². The number of hydrogen-bond acceptors (Lipinski definition) is 1. The Morgan fingerprint density at radius 3 is 2.03 bits per heavy atom. The lowest BCUT2D eigenvalue weighted by atomic mass is 9.76. The second kappa shape index (κ2) is 11.6. The SMILES string of the molecule is CCCC1CCC(c2ccc(-c3ccc(C4CCC(C(CC)OC)CC4)c(F)c3)cc2)CC1. The van der Waals surface area contributed by atoms with Crippen molar-refractivity contribution in [1.82, 2.24) is 0 Å². The number of halogens is 1. The highest BCUT2D eigenvalue weighted by atomic mass is 19.1. The molecule has 0 saturated heterocycles. The Balaban J connectivity index is 1.37. The summed E-state index contributed by atoms with van der Waals surface area (Å²) in [5.74, 6) is 2.57. The highest BCUT2D eigenvalue weighted by molar-refractivity contribution is 5.64. The molecule has 0 N–H and O–H groups in total. The quantitative estimate of drug-likeness (QED) is 0.389. The summed E-state index contributed by atoms with van der Waals surface area (Å²) in [4.78, 5) is 0. The van der Waals surface area contributed by atoms with Gasteiger partial charge in [-0.25, -0.2) is 4.39 Å². The third-order valence-electron chi connectivity index (χ3n) is 8.70. The summed E-state index contributed by atoms with van der Waals surface area (Å²) in [5, 5.41) is 0. The number of rotatable bonds is 8. The molecule has 0 bridgehead atoms. The van der Waals surface area contributed by atoms with Gasteiger partial charge in [0.05, 0.1) is 6.10 Å². The van der Waals surface area contributed by atoms with E-state index >= 15 is 4.39 Å². The largest absolute Gasteiger partial charge is 0.381 e. The smallest absolute Gasteiger partial charge is 0.127 e. The van der Waals surface area contributed by atoms with Crippen molar-refractivity contribution in [2.45, 2.75) is 102 Å². The van der Waals surface area contributed by atoms with Gasteiger partial charge in [-0.3, -0.25) is 0 Å². The normalized spacial score (nSPS) is 26.8. The highest BCUT2D eigenvalue weighted by Gasteiger charge is 2.28. The van der Waals surface area contributed by atoms with E-state index in [1.165, 1.54) is 44.1 Å². The topological polar surface area (TPSA) is 9.23 Å². The minimum absolute atomic E-state index is 0.0342. The molecule has 33 heavy (non-hydrogen) atoms. The van der Waals surface area contributed by atoms with E-state index in [2.05, 4.69) is 44.2 Å². The first kappa shape index (κ1) is 24.5. The van der Waals surface area contributed by atoms with Gasteiger partial charge in [-0.05, 0) is 110 Å². The Hall–Kier alpha value is -1.67. The zero-order valence-corrected chi connectivity index (χ0v) is 21.0. The lowest BCUT2D eigenvalue weighted by Gasteiger charge is -2.33. The molecule has 2 aromatic rings. The molecule has 0 amide bonds. The zero-order chi connectivity index (χ0) is 23.2. The molecule has 1 atom stereocenters. The standard InChI is InChI=1S/C31H43FO/c1-4-6-22-7-9-23(10-8-22)24-11-13-25(14-12-24)28-19-20-29(30(32)21-28)26-15-17-27(18-16-26)31(5-2)33-3/h11-14,19-23,26-27,31H,4-10,15-18H2,1-3H3.